The van der Waals surface area contributed by atoms with Crippen molar-refractivity contribution < 1.29 is 14.6 Å². The van der Waals surface area contributed by atoms with Gasteiger partial charge in [0.05, 0.1) is 13.7 Å². The number of methoxy groups -OCH3 is 1. The molecule has 0 fully saturated rings. The number of nitrogens with one attached hydrogen (secondary N) is 1. The van der Waals surface area contributed by atoms with Gasteiger partial charge in [-0.3, -0.25) is 9.69 Å². The molecular weight excluding hydrogens is 256 g/mol. The molecule has 20 heavy (non-hydrogen) atoms. The molecule has 0 aromatic heterocycles. The third-order valence-electron chi connectivity index (χ3n) is 3.12. The third kappa shape index (κ3) is 5.59. The summed E-state index contributed by atoms with van der Waals surface area (Å²) in [6.07, 6.45) is 0.688. The van der Waals surface area contributed by atoms with Gasteiger partial charge in [0, 0.05) is 25.3 Å². The standard InChI is InChI=1S/C15H24N2O3/c1-3-17(9-6-10-18)12-15(19)16-11-13-7-4-5-8-14(13)20-2/h4-5,7-8,18H,3,6,9-12H2,1-2H3,(H,16,19). The number of hydrogen-bond donors (Lipinski definition) is 2. The molecule has 0 aliphatic heterocycles. The molecule has 1 rings (SSSR count). The molecule has 0 bridgehead atoms. The molecule has 0 aliphatic carbocycles. The fourth-order valence-electron chi connectivity index (χ4n) is 1.95. The van der Waals surface area contributed by atoms with Gasteiger partial charge in [-0.2, -0.15) is 0 Å². The zero-order chi connectivity index (χ0) is 14.8. The molecule has 0 radical (unpaired) electrons. The predicted octanol–water partition coefficient (Wildman–Crippen LogP) is 1.02. The summed E-state index contributed by atoms with van der Waals surface area (Å²) in [4.78, 5) is 13.9. The Morgan fingerprint density at radius 3 is 2.80 bits per heavy atom. The number of carbonyl (C=O) groups excluding carboxylic acids is 1. The first kappa shape index (κ1) is 16.5. The smallest absolute Gasteiger partial charge is 0.234 e. The van der Waals surface area contributed by atoms with Crippen LogP contribution in [0.2, 0.25) is 0 Å². The zero-order valence-corrected chi connectivity index (χ0v) is 12.3. The number of aliphatic hydroxyl groups is 1. The Balaban J connectivity index is 2.42. The second kappa shape index (κ2) is 9.34. The summed E-state index contributed by atoms with van der Waals surface area (Å²) in [5.41, 5.74) is 0.960. The summed E-state index contributed by atoms with van der Waals surface area (Å²) in [6.45, 7) is 4.49. The summed E-state index contributed by atoms with van der Waals surface area (Å²) >= 11 is 0. The lowest BCUT2D eigenvalue weighted by atomic mass is 10.2. The third-order valence-corrected chi connectivity index (χ3v) is 3.12. The van der Waals surface area contributed by atoms with Crippen molar-refractivity contribution in [2.45, 2.75) is 19.9 Å². The number of benzene rings is 1. The number of rotatable bonds is 9. The van der Waals surface area contributed by atoms with Crippen molar-refractivity contribution in [2.75, 3.05) is 33.4 Å². The van der Waals surface area contributed by atoms with Crippen molar-refractivity contribution in [3.8, 4) is 5.75 Å². The maximum Gasteiger partial charge on any atom is 0.234 e. The second-order valence-electron chi connectivity index (χ2n) is 4.53. The maximum absolute atomic E-state index is 11.9. The Labute approximate surface area is 120 Å². The number of ether oxygens (including phenoxy) is 1. The molecule has 2 N–H and O–H groups in total. The second-order valence-corrected chi connectivity index (χ2v) is 4.53. The van der Waals surface area contributed by atoms with Crippen molar-refractivity contribution >= 4 is 5.91 Å². The Kier molecular flexibility index (Phi) is 7.69. The van der Waals surface area contributed by atoms with Crippen LogP contribution in [0, 0.1) is 0 Å². The Bertz CT molecular complexity index is 410. The fraction of sp³-hybridized carbons (Fsp3) is 0.533. The number of nitrogens with zero attached hydrogens (tertiary/aromatic N) is 1. The molecule has 0 unspecified atom stereocenters. The van der Waals surface area contributed by atoms with Gasteiger partial charge in [-0.05, 0) is 19.0 Å². The van der Waals surface area contributed by atoms with E-state index in [1.165, 1.54) is 0 Å². The first-order valence-corrected chi connectivity index (χ1v) is 6.93. The molecule has 0 spiro atoms. The van der Waals surface area contributed by atoms with Crippen LogP contribution < -0.4 is 10.1 Å². The van der Waals surface area contributed by atoms with Crippen LogP contribution in [-0.2, 0) is 11.3 Å². The molecule has 0 heterocycles. The minimum atomic E-state index is -0.0179. The van der Waals surface area contributed by atoms with Crippen LogP contribution in [0.3, 0.4) is 0 Å². The number of aliphatic hydroxyl groups excluding tert-OH is 1. The lowest BCUT2D eigenvalue weighted by Crippen LogP contribution is -2.37. The van der Waals surface area contributed by atoms with Crippen molar-refractivity contribution in [3.05, 3.63) is 29.8 Å². The Morgan fingerprint density at radius 2 is 2.15 bits per heavy atom. The number of para-hydroxylation sites is 1. The van der Waals surface area contributed by atoms with E-state index in [0.29, 0.717) is 19.5 Å². The van der Waals surface area contributed by atoms with Gasteiger partial charge in [-0.15, -0.1) is 0 Å². The maximum atomic E-state index is 11.9. The van der Waals surface area contributed by atoms with E-state index in [0.717, 1.165) is 24.4 Å². The predicted molar refractivity (Wildman–Crippen MR) is 78.7 cm³/mol. The van der Waals surface area contributed by atoms with Crippen LogP contribution in [0.4, 0.5) is 0 Å². The molecule has 1 aromatic carbocycles. The first-order chi connectivity index (χ1) is 9.71. The number of amides is 1. The highest BCUT2D eigenvalue weighted by Crippen LogP contribution is 2.16. The topological polar surface area (TPSA) is 61.8 Å². The van der Waals surface area contributed by atoms with Gasteiger partial charge in [0.15, 0.2) is 0 Å². The van der Waals surface area contributed by atoms with Crippen LogP contribution in [0.15, 0.2) is 24.3 Å². The quantitative estimate of drug-likeness (QED) is 0.709. The lowest BCUT2D eigenvalue weighted by molar-refractivity contribution is -0.122. The van der Waals surface area contributed by atoms with Crippen molar-refractivity contribution in [1.82, 2.24) is 10.2 Å². The van der Waals surface area contributed by atoms with Crippen LogP contribution in [0.5, 0.6) is 5.75 Å². The monoisotopic (exact) mass is 280 g/mol. The van der Waals surface area contributed by atoms with Gasteiger partial charge in [0.25, 0.3) is 0 Å². The largest absolute Gasteiger partial charge is 0.496 e. The van der Waals surface area contributed by atoms with Gasteiger partial charge in [-0.1, -0.05) is 25.1 Å². The van der Waals surface area contributed by atoms with E-state index in [-0.39, 0.29) is 12.5 Å². The van der Waals surface area contributed by atoms with E-state index in [1.807, 2.05) is 36.1 Å². The molecule has 5 heteroatoms. The normalized spacial score (nSPS) is 10.6. The van der Waals surface area contributed by atoms with E-state index < -0.39 is 0 Å². The summed E-state index contributed by atoms with van der Waals surface area (Å²) in [5.74, 6) is 0.760. The molecular formula is C15H24N2O3. The molecule has 0 atom stereocenters. The number of likely N-dealkylation sites (N-methyl/N-ethyl adjacent to an activating group) is 1. The van der Waals surface area contributed by atoms with E-state index in [1.54, 1.807) is 7.11 Å². The van der Waals surface area contributed by atoms with E-state index >= 15 is 0 Å². The van der Waals surface area contributed by atoms with E-state index in [2.05, 4.69) is 5.32 Å². The van der Waals surface area contributed by atoms with Gasteiger partial charge in [0.2, 0.25) is 5.91 Å². The van der Waals surface area contributed by atoms with Gasteiger partial charge in [0.1, 0.15) is 5.75 Å². The Hall–Kier alpha value is -1.59. The molecule has 1 aromatic rings. The minimum Gasteiger partial charge on any atom is -0.496 e. The van der Waals surface area contributed by atoms with Crippen molar-refractivity contribution in [2.24, 2.45) is 0 Å². The van der Waals surface area contributed by atoms with Crippen LogP contribution in [-0.4, -0.2) is 49.3 Å². The minimum absolute atomic E-state index is 0.0179. The van der Waals surface area contributed by atoms with E-state index in [9.17, 15) is 4.79 Å². The highest BCUT2D eigenvalue weighted by atomic mass is 16.5. The highest BCUT2D eigenvalue weighted by molar-refractivity contribution is 5.78. The van der Waals surface area contributed by atoms with Crippen LogP contribution >= 0.6 is 0 Å². The molecule has 0 aliphatic rings. The molecule has 112 valence electrons. The lowest BCUT2D eigenvalue weighted by Gasteiger charge is -2.19. The van der Waals surface area contributed by atoms with Gasteiger partial charge < -0.3 is 15.2 Å². The van der Waals surface area contributed by atoms with Crippen LogP contribution in [0.25, 0.3) is 0 Å². The SMILES string of the molecule is CCN(CCCO)CC(=O)NCc1ccccc1OC. The molecule has 0 saturated heterocycles. The summed E-state index contributed by atoms with van der Waals surface area (Å²) in [7, 11) is 1.62. The number of carbonyl (C=O) groups is 1. The summed E-state index contributed by atoms with van der Waals surface area (Å²) < 4.78 is 5.24. The number of hydrogen-bond acceptors (Lipinski definition) is 4. The zero-order valence-electron chi connectivity index (χ0n) is 12.3. The van der Waals surface area contributed by atoms with Crippen molar-refractivity contribution in [3.63, 3.8) is 0 Å². The highest BCUT2D eigenvalue weighted by Gasteiger charge is 2.09. The van der Waals surface area contributed by atoms with E-state index in [4.69, 9.17) is 9.84 Å². The first-order valence-electron chi connectivity index (χ1n) is 6.93. The molecule has 5 nitrogen and oxygen atoms in total. The fourth-order valence-corrected chi connectivity index (χ4v) is 1.95. The van der Waals surface area contributed by atoms with Crippen molar-refractivity contribution in [1.29, 1.82) is 0 Å². The van der Waals surface area contributed by atoms with Gasteiger partial charge in [-0.25, -0.2) is 0 Å². The average molecular weight is 280 g/mol. The van der Waals surface area contributed by atoms with Gasteiger partial charge >= 0.3 is 0 Å². The summed E-state index contributed by atoms with van der Waals surface area (Å²) in [6, 6.07) is 7.63. The Morgan fingerprint density at radius 1 is 1.40 bits per heavy atom. The van der Waals surface area contributed by atoms with Crippen LogP contribution in [0.1, 0.15) is 18.9 Å². The molecule has 1 amide bonds. The molecule has 0 saturated carbocycles. The summed E-state index contributed by atoms with van der Waals surface area (Å²) in [5, 5.41) is 11.7. The average Bonchev–Trinajstić information content (AvgIpc) is 2.49.